The van der Waals surface area contributed by atoms with Gasteiger partial charge in [0.25, 0.3) is 11.8 Å². The number of fused-ring (bicyclic) bond motifs is 2. The quantitative estimate of drug-likeness (QED) is 0.0770. The summed E-state index contributed by atoms with van der Waals surface area (Å²) in [5.41, 5.74) is 1.10. The Morgan fingerprint density at radius 1 is 0.682 bits per heavy atom. The maximum Gasteiger partial charge on any atom is 0.275 e. The van der Waals surface area contributed by atoms with Crippen molar-refractivity contribution in [1.82, 2.24) is 39.7 Å². The molecule has 2 aromatic carbocycles. The summed E-state index contributed by atoms with van der Waals surface area (Å²) in [4.78, 5) is 46.7. The number of hydrogen-bond donors (Lipinski definition) is 6. The molecule has 6 aromatic rings. The van der Waals surface area contributed by atoms with Crippen LogP contribution in [0.4, 0.5) is 11.6 Å². The van der Waals surface area contributed by atoms with Crippen molar-refractivity contribution in [3.05, 3.63) is 96.1 Å². The number of likely N-dealkylation sites (tertiary alicyclic amines) is 2. The van der Waals surface area contributed by atoms with E-state index in [4.69, 9.17) is 18.9 Å². The highest BCUT2D eigenvalue weighted by Crippen LogP contribution is 2.31. The van der Waals surface area contributed by atoms with E-state index in [0.29, 0.717) is 35.7 Å². The number of aromatic nitrogens is 6. The molecule has 0 spiro atoms. The average Bonchev–Trinajstić information content (AvgIpc) is 4.15. The Morgan fingerprint density at radius 3 is 1.74 bits per heavy atom. The van der Waals surface area contributed by atoms with Crippen molar-refractivity contribution >= 4 is 45.3 Å². The van der Waals surface area contributed by atoms with E-state index < -0.39 is 49.1 Å². The minimum atomic E-state index is -1.62. The summed E-state index contributed by atoms with van der Waals surface area (Å²) in [6.07, 6.45) is -1.15. The molecule has 66 heavy (non-hydrogen) atoms. The fourth-order valence-corrected chi connectivity index (χ4v) is 8.38. The molecular weight excluding hydrogens is 853 g/mol. The predicted octanol–water partition coefficient (Wildman–Crippen LogP) is 2.77. The number of benzene rings is 2. The van der Waals surface area contributed by atoms with E-state index in [9.17, 15) is 30.0 Å². The maximum absolute atomic E-state index is 14.1. The number of pyridine rings is 3. The standard InChI is InChI=1S/C46H52N10O10/c57-26-38-41(58)42(59)43(60)46(66-38)56-25-28(52-53-56)27-65-29-21-34(44(61)50-39-23-36(30-9-1-3-11-32(30)48-39)63-19-17-54-13-5-6-14-54)47-35(22-29)45(62)51-40-24-37(31-10-2-4-12-33(31)49-40)64-20-18-55-15-7-8-16-55/h1-4,9-12,21-25,38,41-43,46,57-60H,5-8,13-20,26-27H2,(H,48,50,61)(H,49,51,62)/t38-,41-,42+,43-,46+/m1/s1. The fourth-order valence-electron chi connectivity index (χ4n) is 8.38. The Morgan fingerprint density at radius 2 is 1.21 bits per heavy atom. The van der Waals surface area contributed by atoms with Gasteiger partial charge >= 0.3 is 0 Å². The van der Waals surface area contributed by atoms with Crippen molar-refractivity contribution in [2.24, 2.45) is 0 Å². The van der Waals surface area contributed by atoms with E-state index >= 15 is 0 Å². The van der Waals surface area contributed by atoms with Gasteiger partial charge < -0.3 is 50.0 Å². The predicted molar refractivity (Wildman–Crippen MR) is 239 cm³/mol. The van der Waals surface area contributed by atoms with Gasteiger partial charge in [0.1, 0.15) is 90.2 Å². The zero-order valence-electron chi connectivity index (χ0n) is 36.1. The number of nitrogens with one attached hydrogen (secondary N) is 2. The second-order valence-electron chi connectivity index (χ2n) is 16.5. The molecule has 3 aliphatic rings. The van der Waals surface area contributed by atoms with Crippen LogP contribution in [0.15, 0.2) is 79.0 Å². The molecule has 0 bridgehead atoms. The lowest BCUT2D eigenvalue weighted by molar-refractivity contribution is -0.254. The second-order valence-corrected chi connectivity index (χ2v) is 16.5. The molecule has 2 amide bonds. The first-order valence-corrected chi connectivity index (χ1v) is 22.2. The smallest absolute Gasteiger partial charge is 0.275 e. The molecule has 5 atom stereocenters. The highest BCUT2D eigenvalue weighted by atomic mass is 16.6. The molecular formula is C46H52N10O10. The number of carbonyl (C=O) groups is 2. The Bertz CT molecular complexity index is 2520. The highest BCUT2D eigenvalue weighted by molar-refractivity contribution is 6.07. The Hall–Kier alpha value is -6.39. The van der Waals surface area contributed by atoms with Crippen LogP contribution in [-0.4, -0.2) is 155 Å². The van der Waals surface area contributed by atoms with Gasteiger partial charge in [-0.3, -0.25) is 19.4 Å². The van der Waals surface area contributed by atoms with E-state index in [-0.39, 0.29) is 41.1 Å². The number of rotatable bonds is 17. The van der Waals surface area contributed by atoms with Gasteiger partial charge in [-0.2, -0.15) is 0 Å². The average molecular weight is 905 g/mol. The van der Waals surface area contributed by atoms with Crippen molar-refractivity contribution < 1.29 is 49.0 Å². The van der Waals surface area contributed by atoms with Crippen LogP contribution in [0.1, 0.15) is 58.6 Å². The number of nitrogens with zero attached hydrogens (tertiary/aromatic N) is 8. The van der Waals surface area contributed by atoms with Crippen molar-refractivity contribution in [3.63, 3.8) is 0 Å². The maximum atomic E-state index is 14.1. The van der Waals surface area contributed by atoms with Gasteiger partial charge in [0.05, 0.1) is 23.8 Å². The molecule has 20 nitrogen and oxygen atoms in total. The molecule has 0 aliphatic carbocycles. The number of ether oxygens (including phenoxy) is 4. The van der Waals surface area contributed by atoms with Crippen molar-refractivity contribution in [2.45, 2.75) is 62.9 Å². The Kier molecular flexibility index (Phi) is 13.9. The van der Waals surface area contributed by atoms with E-state index in [0.717, 1.165) is 54.7 Å². The summed E-state index contributed by atoms with van der Waals surface area (Å²) < 4.78 is 25.3. The third-order valence-corrected chi connectivity index (χ3v) is 11.9. The third-order valence-electron chi connectivity index (χ3n) is 11.9. The van der Waals surface area contributed by atoms with Crippen LogP contribution in [0, 0.1) is 0 Å². The number of aliphatic hydroxyl groups is 4. The van der Waals surface area contributed by atoms with Gasteiger partial charge in [0, 0.05) is 48.1 Å². The number of amides is 2. The number of hydrogen-bond acceptors (Lipinski definition) is 17. The van der Waals surface area contributed by atoms with Crippen LogP contribution in [-0.2, 0) is 11.3 Å². The van der Waals surface area contributed by atoms with Crippen molar-refractivity contribution in [3.8, 4) is 17.2 Å². The molecule has 0 saturated carbocycles. The lowest BCUT2D eigenvalue weighted by atomic mass is 9.98. The molecule has 20 heteroatoms. The number of aliphatic hydroxyl groups excluding tert-OH is 4. The molecule has 0 unspecified atom stereocenters. The summed E-state index contributed by atoms with van der Waals surface area (Å²) in [5, 5.41) is 56.1. The first-order valence-electron chi connectivity index (χ1n) is 22.2. The van der Waals surface area contributed by atoms with E-state index in [1.54, 1.807) is 12.1 Å². The molecule has 346 valence electrons. The van der Waals surface area contributed by atoms with E-state index in [1.165, 1.54) is 44.0 Å². The van der Waals surface area contributed by atoms with Gasteiger partial charge in [-0.05, 0) is 76.1 Å². The van der Waals surface area contributed by atoms with Crippen LogP contribution in [0.2, 0.25) is 0 Å². The van der Waals surface area contributed by atoms with Gasteiger partial charge in [0.15, 0.2) is 6.23 Å². The first-order chi connectivity index (χ1) is 32.2. The fraction of sp³-hybridized carbons (Fsp3) is 0.413. The summed E-state index contributed by atoms with van der Waals surface area (Å²) in [5.74, 6) is 0.210. The summed E-state index contributed by atoms with van der Waals surface area (Å²) >= 11 is 0. The molecule has 4 aromatic heterocycles. The molecule has 7 heterocycles. The van der Waals surface area contributed by atoms with Crippen molar-refractivity contribution in [2.75, 3.05) is 69.7 Å². The summed E-state index contributed by atoms with van der Waals surface area (Å²) in [6.45, 7) is 5.73. The molecule has 3 aliphatic heterocycles. The Balaban J connectivity index is 0.970. The number of para-hydroxylation sites is 2. The topological polar surface area (TPSA) is 252 Å². The minimum absolute atomic E-state index is 0.0671. The molecule has 3 fully saturated rings. The van der Waals surface area contributed by atoms with Gasteiger partial charge in [-0.25, -0.2) is 19.6 Å². The van der Waals surface area contributed by atoms with Crippen LogP contribution < -0.4 is 24.8 Å². The van der Waals surface area contributed by atoms with Gasteiger partial charge in [-0.15, -0.1) is 5.10 Å². The highest BCUT2D eigenvalue weighted by Gasteiger charge is 2.44. The third kappa shape index (κ3) is 10.3. The van der Waals surface area contributed by atoms with Crippen LogP contribution in [0.25, 0.3) is 21.8 Å². The molecule has 0 radical (unpaired) electrons. The zero-order chi connectivity index (χ0) is 45.6. The summed E-state index contributed by atoms with van der Waals surface area (Å²) in [7, 11) is 0. The largest absolute Gasteiger partial charge is 0.491 e. The van der Waals surface area contributed by atoms with E-state index in [1.807, 2.05) is 48.5 Å². The number of carbonyl (C=O) groups excluding carboxylic acids is 2. The van der Waals surface area contributed by atoms with Gasteiger partial charge in [-0.1, -0.05) is 29.5 Å². The van der Waals surface area contributed by atoms with Gasteiger partial charge in [0.2, 0.25) is 0 Å². The Labute approximate surface area is 379 Å². The van der Waals surface area contributed by atoms with Crippen LogP contribution in [0.3, 0.4) is 0 Å². The lowest BCUT2D eigenvalue weighted by Crippen LogP contribution is -2.56. The van der Waals surface area contributed by atoms with Crippen molar-refractivity contribution in [1.29, 1.82) is 0 Å². The second kappa shape index (κ2) is 20.4. The zero-order valence-corrected chi connectivity index (χ0v) is 36.1. The van der Waals surface area contributed by atoms with E-state index in [2.05, 4.69) is 45.7 Å². The first kappa shape index (κ1) is 44.8. The molecule has 3 saturated heterocycles. The lowest BCUT2D eigenvalue weighted by Gasteiger charge is -2.39. The normalized spacial score (nSPS) is 21.3. The monoisotopic (exact) mass is 904 g/mol. The van der Waals surface area contributed by atoms with Crippen LogP contribution >= 0.6 is 0 Å². The summed E-state index contributed by atoms with van der Waals surface area (Å²) in [6, 6.07) is 21.0. The minimum Gasteiger partial charge on any atom is -0.491 e. The molecule has 9 rings (SSSR count). The number of anilines is 2. The SMILES string of the molecule is O=C(Nc1cc(OCCN2CCCC2)c2ccccc2n1)c1cc(OCc2cn([C@H]3O[C@H](CO)[C@@H](O)[C@H](O)[C@H]3O)nn2)cc(C(=O)Nc2cc(OCCN3CCCC3)c3ccccc3n2)n1. The molecule has 6 N–H and O–H groups in total. The van der Waals surface area contributed by atoms with Crippen LogP contribution in [0.5, 0.6) is 17.2 Å².